The minimum absolute atomic E-state index is 0.0223. The van der Waals surface area contributed by atoms with E-state index < -0.39 is 18.3 Å². The summed E-state index contributed by atoms with van der Waals surface area (Å²) in [6, 6.07) is 21.4. The molecule has 2 aliphatic rings. The second-order valence-electron chi connectivity index (χ2n) is 8.69. The van der Waals surface area contributed by atoms with Crippen LogP contribution in [0.5, 0.6) is 0 Å². The molecule has 7 heteroatoms. The summed E-state index contributed by atoms with van der Waals surface area (Å²) >= 11 is 0. The van der Waals surface area contributed by atoms with E-state index in [9.17, 15) is 19.8 Å². The predicted molar refractivity (Wildman–Crippen MR) is 127 cm³/mol. The lowest BCUT2D eigenvalue weighted by Gasteiger charge is -2.19. The Labute approximate surface area is 197 Å². The summed E-state index contributed by atoms with van der Waals surface area (Å²) in [6.45, 7) is 0.364. The van der Waals surface area contributed by atoms with Crippen LogP contribution in [0.3, 0.4) is 0 Å². The summed E-state index contributed by atoms with van der Waals surface area (Å²) in [7, 11) is 0. The number of alkyl carbamates (subject to hydrolysis) is 1. The number of carbonyl (C=O) groups excluding carboxylic acids is 2. The maximum absolute atomic E-state index is 12.3. The lowest BCUT2D eigenvalue weighted by atomic mass is 9.98. The number of rotatable bonds is 7. The number of hydrogen-bond acceptors (Lipinski definition) is 5. The van der Waals surface area contributed by atoms with E-state index in [1.165, 1.54) is 0 Å². The third-order valence-corrected chi connectivity index (χ3v) is 6.52. The number of aliphatic hydroxyl groups is 2. The van der Waals surface area contributed by atoms with Crippen molar-refractivity contribution in [3.8, 4) is 11.1 Å². The molecule has 4 N–H and O–H groups in total. The summed E-state index contributed by atoms with van der Waals surface area (Å²) < 4.78 is 5.49. The van der Waals surface area contributed by atoms with Gasteiger partial charge < -0.3 is 25.6 Å². The van der Waals surface area contributed by atoms with E-state index in [0.29, 0.717) is 17.7 Å². The smallest absolute Gasteiger partial charge is 0.407 e. The number of hydrogen-bond donors (Lipinski definition) is 4. The molecule has 3 aromatic rings. The molecule has 34 heavy (non-hydrogen) atoms. The molecule has 7 nitrogen and oxygen atoms in total. The molecule has 0 saturated carbocycles. The zero-order valence-corrected chi connectivity index (χ0v) is 18.5. The van der Waals surface area contributed by atoms with Gasteiger partial charge in [0.15, 0.2) is 0 Å². The van der Waals surface area contributed by atoms with Crippen LogP contribution in [0.1, 0.15) is 40.7 Å². The van der Waals surface area contributed by atoms with Crippen LogP contribution in [-0.4, -0.2) is 41.5 Å². The Morgan fingerprint density at radius 3 is 2.41 bits per heavy atom. The lowest BCUT2D eigenvalue weighted by molar-refractivity contribution is -0.115. The Morgan fingerprint density at radius 2 is 1.71 bits per heavy atom. The highest BCUT2D eigenvalue weighted by molar-refractivity contribution is 5.99. The lowest BCUT2D eigenvalue weighted by Crippen LogP contribution is -2.30. The Kier molecular flexibility index (Phi) is 6.04. The van der Waals surface area contributed by atoms with Gasteiger partial charge in [0.25, 0.3) is 0 Å². The minimum Gasteiger partial charge on any atom is -0.449 e. The summed E-state index contributed by atoms with van der Waals surface area (Å²) in [4.78, 5) is 23.8. The zero-order valence-electron chi connectivity index (χ0n) is 18.5. The average Bonchev–Trinajstić information content (AvgIpc) is 3.38. The van der Waals surface area contributed by atoms with Gasteiger partial charge in [-0.25, -0.2) is 4.79 Å². The molecule has 0 bridgehead atoms. The van der Waals surface area contributed by atoms with Crippen molar-refractivity contribution in [2.75, 3.05) is 18.5 Å². The molecule has 0 radical (unpaired) electrons. The van der Waals surface area contributed by atoms with E-state index in [1.54, 1.807) is 18.2 Å². The van der Waals surface area contributed by atoms with Gasteiger partial charge in [-0.3, -0.25) is 4.79 Å². The molecule has 2 amide bonds. The topological polar surface area (TPSA) is 108 Å². The fourth-order valence-electron chi connectivity index (χ4n) is 4.77. The first-order valence-corrected chi connectivity index (χ1v) is 11.4. The average molecular weight is 459 g/mol. The summed E-state index contributed by atoms with van der Waals surface area (Å²) in [5.41, 5.74) is 6.64. The van der Waals surface area contributed by atoms with Gasteiger partial charge in [0.05, 0.1) is 12.5 Å². The van der Waals surface area contributed by atoms with Crippen molar-refractivity contribution in [3.63, 3.8) is 0 Å². The van der Waals surface area contributed by atoms with Crippen molar-refractivity contribution >= 4 is 17.7 Å². The summed E-state index contributed by atoms with van der Waals surface area (Å²) in [5, 5.41) is 26.2. The van der Waals surface area contributed by atoms with Crippen molar-refractivity contribution in [1.29, 1.82) is 0 Å². The van der Waals surface area contributed by atoms with Gasteiger partial charge in [-0.2, -0.15) is 0 Å². The van der Waals surface area contributed by atoms with Crippen molar-refractivity contribution in [3.05, 3.63) is 89.0 Å². The minimum atomic E-state index is -1.13. The van der Waals surface area contributed by atoms with Crippen LogP contribution >= 0.6 is 0 Å². The fraction of sp³-hybridized carbons (Fsp3) is 0.259. The normalized spacial score (nSPS) is 15.6. The molecule has 3 aromatic carbocycles. The number of amides is 2. The van der Waals surface area contributed by atoms with Gasteiger partial charge in [0, 0.05) is 18.2 Å². The van der Waals surface area contributed by atoms with E-state index in [2.05, 4.69) is 34.9 Å². The number of carbonyl (C=O) groups is 2. The van der Waals surface area contributed by atoms with E-state index in [0.717, 1.165) is 27.8 Å². The first-order chi connectivity index (χ1) is 16.5. The molecule has 174 valence electrons. The van der Waals surface area contributed by atoms with E-state index in [4.69, 9.17) is 4.74 Å². The van der Waals surface area contributed by atoms with Crippen molar-refractivity contribution < 1.29 is 24.5 Å². The Hall–Kier alpha value is -3.68. The third kappa shape index (κ3) is 4.27. The van der Waals surface area contributed by atoms with Gasteiger partial charge in [-0.05, 0) is 45.9 Å². The standard InChI is InChI=1S/C27H26N2O5/c30-24(26(32)17-10-9-16-14-25(31)29-23(16)13-17)11-12-28-27(33)34-15-22-20-7-3-1-5-18(20)19-6-2-4-8-21(19)22/h1-10,13,22,24,26,30,32H,11-12,14-15H2,(H,28,33)(H,29,31). The number of nitrogens with one attached hydrogen (secondary N) is 2. The Morgan fingerprint density at radius 1 is 1.03 bits per heavy atom. The van der Waals surface area contributed by atoms with Crippen LogP contribution in [0.4, 0.5) is 10.5 Å². The van der Waals surface area contributed by atoms with Gasteiger partial charge in [0.1, 0.15) is 12.7 Å². The molecule has 1 aliphatic heterocycles. The number of fused-ring (bicyclic) bond motifs is 4. The van der Waals surface area contributed by atoms with Crippen LogP contribution < -0.4 is 10.6 Å². The van der Waals surface area contributed by atoms with Crippen molar-refractivity contribution in [1.82, 2.24) is 5.32 Å². The quantitative estimate of drug-likeness (QED) is 0.433. The number of anilines is 1. The highest BCUT2D eigenvalue weighted by Crippen LogP contribution is 2.44. The maximum atomic E-state index is 12.3. The molecule has 0 saturated heterocycles. The van der Waals surface area contributed by atoms with Crippen LogP contribution in [-0.2, 0) is 16.0 Å². The second-order valence-corrected chi connectivity index (χ2v) is 8.69. The Bertz CT molecular complexity index is 1200. The second kappa shape index (κ2) is 9.29. The third-order valence-electron chi connectivity index (χ3n) is 6.52. The largest absolute Gasteiger partial charge is 0.449 e. The van der Waals surface area contributed by atoms with Crippen LogP contribution in [0.15, 0.2) is 66.7 Å². The highest BCUT2D eigenvalue weighted by Gasteiger charge is 2.29. The van der Waals surface area contributed by atoms with Crippen molar-refractivity contribution in [2.45, 2.75) is 31.0 Å². The van der Waals surface area contributed by atoms with Crippen molar-refractivity contribution in [2.24, 2.45) is 0 Å². The molecule has 0 spiro atoms. The molecule has 0 fully saturated rings. The number of aliphatic hydroxyl groups excluding tert-OH is 2. The molecule has 2 atom stereocenters. The summed E-state index contributed by atoms with van der Waals surface area (Å²) in [6.07, 6.45) is -2.31. The monoisotopic (exact) mass is 458 g/mol. The molecule has 5 rings (SSSR count). The van der Waals surface area contributed by atoms with Gasteiger partial charge in [-0.15, -0.1) is 0 Å². The van der Waals surface area contributed by atoms with Crippen LogP contribution in [0.25, 0.3) is 11.1 Å². The van der Waals surface area contributed by atoms with Gasteiger partial charge in [-0.1, -0.05) is 60.7 Å². The Balaban J connectivity index is 1.12. The number of ether oxygens (including phenoxy) is 1. The van der Waals surface area contributed by atoms with Gasteiger partial charge in [0.2, 0.25) is 5.91 Å². The molecular weight excluding hydrogens is 432 g/mol. The van der Waals surface area contributed by atoms with Gasteiger partial charge >= 0.3 is 6.09 Å². The molecule has 1 aliphatic carbocycles. The number of benzene rings is 3. The van der Waals surface area contributed by atoms with E-state index in [-0.39, 0.29) is 31.4 Å². The first-order valence-electron chi connectivity index (χ1n) is 11.4. The summed E-state index contributed by atoms with van der Waals surface area (Å²) in [5.74, 6) is -0.111. The molecule has 1 heterocycles. The SMILES string of the molecule is O=C1Cc2ccc(C(O)C(O)CCNC(=O)OCC3c4ccccc4-c4ccccc43)cc2N1. The fourth-order valence-corrected chi connectivity index (χ4v) is 4.77. The first kappa shape index (κ1) is 22.1. The van der Waals surface area contributed by atoms with E-state index >= 15 is 0 Å². The maximum Gasteiger partial charge on any atom is 0.407 e. The molecule has 0 aromatic heterocycles. The van der Waals surface area contributed by atoms with Crippen LogP contribution in [0, 0.1) is 0 Å². The van der Waals surface area contributed by atoms with E-state index in [1.807, 2.05) is 24.3 Å². The highest BCUT2D eigenvalue weighted by atomic mass is 16.5. The predicted octanol–water partition coefficient (Wildman–Crippen LogP) is 3.50. The zero-order chi connectivity index (χ0) is 23.7. The molecular formula is C27H26N2O5. The van der Waals surface area contributed by atoms with Crippen LogP contribution in [0.2, 0.25) is 0 Å². The molecule has 2 unspecified atom stereocenters.